The number of nitrogens with zero attached hydrogens (tertiary/aromatic N) is 4. The molecule has 5 aromatic rings. The number of fused-ring (bicyclic) bond motifs is 1. The van der Waals surface area contributed by atoms with Crippen molar-refractivity contribution in [3.8, 4) is 27.7 Å². The first-order valence-electron chi connectivity index (χ1n) is 9.79. The van der Waals surface area contributed by atoms with Gasteiger partial charge in [-0.3, -0.25) is 0 Å². The number of para-hydroxylation sites is 2. The molecule has 0 spiro atoms. The Morgan fingerprint density at radius 3 is 2.72 bits per heavy atom. The van der Waals surface area contributed by atoms with E-state index in [9.17, 15) is 4.79 Å². The van der Waals surface area contributed by atoms with Crippen LogP contribution in [0, 0.1) is 0 Å². The van der Waals surface area contributed by atoms with E-state index in [1.54, 1.807) is 35.1 Å². The highest BCUT2D eigenvalue weighted by atomic mass is 32.1. The van der Waals surface area contributed by atoms with Crippen molar-refractivity contribution in [2.45, 2.75) is 0 Å². The molecule has 2 amide bonds. The number of rotatable bonds is 5. The zero-order chi connectivity index (χ0) is 21.9. The SMILES string of the molecule is COc1ccccc1NC(=O)Nc1cccc(-c2ccc3nnc(-c4cccs4)n3n2)c1. The number of hydrogen-bond acceptors (Lipinski definition) is 6. The van der Waals surface area contributed by atoms with Crippen molar-refractivity contribution in [3.63, 3.8) is 0 Å². The van der Waals surface area contributed by atoms with Crippen LogP contribution in [0.3, 0.4) is 0 Å². The number of aromatic nitrogens is 4. The molecular formula is C23H18N6O2S. The third kappa shape index (κ3) is 3.88. The molecule has 3 heterocycles. The Morgan fingerprint density at radius 1 is 0.969 bits per heavy atom. The second-order valence-electron chi connectivity index (χ2n) is 6.85. The highest BCUT2D eigenvalue weighted by Gasteiger charge is 2.12. The number of nitrogens with one attached hydrogen (secondary N) is 2. The zero-order valence-corrected chi connectivity index (χ0v) is 17.8. The van der Waals surface area contributed by atoms with Crippen LogP contribution in [0.4, 0.5) is 16.2 Å². The van der Waals surface area contributed by atoms with Crippen LogP contribution in [0.1, 0.15) is 0 Å². The first kappa shape index (κ1) is 19.7. The zero-order valence-electron chi connectivity index (χ0n) is 17.0. The van der Waals surface area contributed by atoms with E-state index in [-0.39, 0.29) is 6.03 Å². The number of hydrogen-bond donors (Lipinski definition) is 2. The Labute approximate surface area is 187 Å². The summed E-state index contributed by atoms with van der Waals surface area (Å²) in [6.45, 7) is 0. The van der Waals surface area contributed by atoms with Crippen LogP contribution in [-0.2, 0) is 0 Å². The van der Waals surface area contributed by atoms with E-state index in [4.69, 9.17) is 9.84 Å². The highest BCUT2D eigenvalue weighted by molar-refractivity contribution is 7.13. The molecule has 0 aliphatic heterocycles. The van der Waals surface area contributed by atoms with Crippen LogP contribution in [0.5, 0.6) is 5.75 Å². The molecule has 0 saturated carbocycles. The van der Waals surface area contributed by atoms with Crippen LogP contribution in [0.25, 0.3) is 27.6 Å². The number of benzene rings is 2. The summed E-state index contributed by atoms with van der Waals surface area (Å²) in [5.41, 5.74) is 3.49. The van der Waals surface area contributed by atoms with Gasteiger partial charge < -0.3 is 15.4 Å². The number of carbonyl (C=O) groups excluding carboxylic acids is 1. The van der Waals surface area contributed by atoms with Gasteiger partial charge in [0.1, 0.15) is 5.75 Å². The Morgan fingerprint density at radius 2 is 1.88 bits per heavy atom. The summed E-state index contributed by atoms with van der Waals surface area (Å²) in [6.07, 6.45) is 0. The van der Waals surface area contributed by atoms with Crippen molar-refractivity contribution < 1.29 is 9.53 Å². The van der Waals surface area contributed by atoms with Gasteiger partial charge in [-0.2, -0.15) is 9.61 Å². The molecule has 5 rings (SSSR count). The van der Waals surface area contributed by atoms with Crippen molar-refractivity contribution in [2.24, 2.45) is 0 Å². The molecule has 0 aliphatic carbocycles. The van der Waals surface area contributed by atoms with E-state index in [1.807, 2.05) is 66.0 Å². The fourth-order valence-electron chi connectivity index (χ4n) is 3.29. The number of methoxy groups -OCH3 is 1. The van der Waals surface area contributed by atoms with E-state index in [1.165, 1.54) is 0 Å². The summed E-state index contributed by atoms with van der Waals surface area (Å²) < 4.78 is 7.01. The molecule has 0 unspecified atom stereocenters. The minimum atomic E-state index is -0.367. The van der Waals surface area contributed by atoms with E-state index in [0.29, 0.717) is 28.6 Å². The van der Waals surface area contributed by atoms with Gasteiger partial charge in [0, 0.05) is 11.3 Å². The van der Waals surface area contributed by atoms with Crippen LogP contribution in [-0.4, -0.2) is 33.0 Å². The number of urea groups is 1. The Kier molecular flexibility index (Phi) is 5.22. The lowest BCUT2D eigenvalue weighted by atomic mass is 10.1. The molecule has 32 heavy (non-hydrogen) atoms. The topological polar surface area (TPSA) is 93.4 Å². The molecule has 0 fully saturated rings. The quantitative estimate of drug-likeness (QED) is 0.392. The maximum atomic E-state index is 12.5. The summed E-state index contributed by atoms with van der Waals surface area (Å²) in [6, 6.07) is 22.1. The minimum absolute atomic E-state index is 0.367. The molecule has 0 radical (unpaired) electrons. The van der Waals surface area contributed by atoms with Crippen LogP contribution in [0.2, 0.25) is 0 Å². The van der Waals surface area contributed by atoms with Gasteiger partial charge in [0.05, 0.1) is 23.4 Å². The predicted octanol–water partition coefficient (Wildman–Crippen LogP) is 5.17. The minimum Gasteiger partial charge on any atom is -0.495 e. The number of anilines is 2. The summed E-state index contributed by atoms with van der Waals surface area (Å²) >= 11 is 1.58. The first-order chi connectivity index (χ1) is 15.7. The predicted molar refractivity (Wildman–Crippen MR) is 125 cm³/mol. The van der Waals surface area contributed by atoms with Gasteiger partial charge in [-0.25, -0.2) is 4.79 Å². The average Bonchev–Trinajstić information content (AvgIpc) is 3.49. The number of amides is 2. The lowest BCUT2D eigenvalue weighted by molar-refractivity contribution is 0.262. The molecule has 8 nitrogen and oxygen atoms in total. The maximum absolute atomic E-state index is 12.5. The van der Waals surface area contributed by atoms with Crippen molar-refractivity contribution in [2.75, 3.05) is 17.7 Å². The summed E-state index contributed by atoms with van der Waals surface area (Å²) in [7, 11) is 1.56. The normalized spacial score (nSPS) is 10.8. The molecule has 0 atom stereocenters. The Hall–Kier alpha value is -4.24. The van der Waals surface area contributed by atoms with Crippen molar-refractivity contribution >= 4 is 34.4 Å². The van der Waals surface area contributed by atoms with Gasteiger partial charge in [-0.1, -0.05) is 30.3 Å². The Bertz CT molecular complexity index is 1400. The van der Waals surface area contributed by atoms with Crippen LogP contribution >= 0.6 is 11.3 Å². The van der Waals surface area contributed by atoms with Gasteiger partial charge in [0.2, 0.25) is 0 Å². The number of thiophene rings is 1. The summed E-state index contributed by atoms with van der Waals surface area (Å²) in [5, 5.41) is 20.8. The monoisotopic (exact) mass is 442 g/mol. The van der Waals surface area contributed by atoms with Gasteiger partial charge >= 0.3 is 6.03 Å². The van der Waals surface area contributed by atoms with E-state index in [2.05, 4.69) is 20.8 Å². The van der Waals surface area contributed by atoms with Gasteiger partial charge in [0.15, 0.2) is 11.5 Å². The van der Waals surface area contributed by atoms with Crippen LogP contribution < -0.4 is 15.4 Å². The second-order valence-corrected chi connectivity index (χ2v) is 7.80. The fourth-order valence-corrected chi connectivity index (χ4v) is 3.98. The lowest BCUT2D eigenvalue weighted by Gasteiger charge is -2.11. The van der Waals surface area contributed by atoms with Gasteiger partial charge in [-0.15, -0.1) is 21.5 Å². The number of ether oxygens (including phenoxy) is 1. The van der Waals surface area contributed by atoms with Gasteiger partial charge in [-0.05, 0) is 47.8 Å². The maximum Gasteiger partial charge on any atom is 0.323 e. The van der Waals surface area contributed by atoms with Crippen molar-refractivity contribution in [1.82, 2.24) is 19.8 Å². The van der Waals surface area contributed by atoms with Crippen molar-refractivity contribution in [1.29, 1.82) is 0 Å². The average molecular weight is 443 g/mol. The van der Waals surface area contributed by atoms with Gasteiger partial charge in [0.25, 0.3) is 0 Å². The largest absolute Gasteiger partial charge is 0.495 e. The number of carbonyl (C=O) groups is 1. The second kappa shape index (κ2) is 8.48. The molecule has 2 N–H and O–H groups in total. The summed E-state index contributed by atoms with van der Waals surface area (Å²) in [5.74, 6) is 1.28. The molecule has 158 valence electrons. The highest BCUT2D eigenvalue weighted by Crippen LogP contribution is 2.26. The smallest absolute Gasteiger partial charge is 0.323 e. The van der Waals surface area contributed by atoms with Crippen LogP contribution in [0.15, 0.2) is 78.2 Å². The molecule has 0 saturated heterocycles. The molecular weight excluding hydrogens is 424 g/mol. The summed E-state index contributed by atoms with van der Waals surface area (Å²) in [4.78, 5) is 13.5. The Balaban J connectivity index is 1.40. The molecule has 0 bridgehead atoms. The third-order valence-electron chi connectivity index (χ3n) is 4.78. The first-order valence-corrected chi connectivity index (χ1v) is 10.7. The molecule has 3 aromatic heterocycles. The molecule has 2 aromatic carbocycles. The fraction of sp³-hybridized carbons (Fsp3) is 0.0435. The molecule has 9 heteroatoms. The van der Waals surface area contributed by atoms with E-state index in [0.717, 1.165) is 16.1 Å². The molecule has 0 aliphatic rings. The standard InChI is InChI=1S/C23H18N6O2S/c1-31-19-9-3-2-8-18(19)25-23(30)24-16-7-4-6-15(14-16)17-11-12-21-26-27-22(29(21)28-17)20-10-5-13-32-20/h2-14H,1H3,(H2,24,25,30). The van der Waals surface area contributed by atoms with E-state index < -0.39 is 0 Å². The van der Waals surface area contributed by atoms with E-state index >= 15 is 0 Å². The van der Waals surface area contributed by atoms with Crippen molar-refractivity contribution in [3.05, 3.63) is 78.2 Å². The third-order valence-corrected chi connectivity index (χ3v) is 5.64. The lowest BCUT2D eigenvalue weighted by Crippen LogP contribution is -2.19.